The van der Waals surface area contributed by atoms with E-state index in [1.807, 2.05) is 12.1 Å². The Bertz CT molecular complexity index is 1390. The van der Waals surface area contributed by atoms with Crippen molar-refractivity contribution in [3.8, 4) is 11.1 Å². The predicted octanol–water partition coefficient (Wildman–Crippen LogP) is 4.66. The van der Waals surface area contributed by atoms with E-state index in [4.69, 9.17) is 28.3 Å². The second-order valence-corrected chi connectivity index (χ2v) is 11.5. The van der Waals surface area contributed by atoms with Crippen molar-refractivity contribution < 1.29 is 18.0 Å². The van der Waals surface area contributed by atoms with Crippen LogP contribution in [-0.2, 0) is 32.7 Å². The molecule has 10 heteroatoms. The first kappa shape index (κ1) is 27.1. The first-order valence-corrected chi connectivity index (χ1v) is 14.1. The van der Waals surface area contributed by atoms with Crippen molar-refractivity contribution >= 4 is 45.0 Å². The smallest absolute Gasteiger partial charge is 0.238 e. The Hall–Kier alpha value is -2.91. The lowest BCUT2D eigenvalue weighted by Crippen LogP contribution is -2.39. The number of carbonyl (C=O) groups is 2. The molecule has 0 spiro atoms. The Morgan fingerprint density at radius 1 is 0.811 bits per heavy atom. The summed E-state index contributed by atoms with van der Waals surface area (Å²) in [6.07, 6.45) is 2.10. The third-order valence-electron chi connectivity index (χ3n) is 6.50. The van der Waals surface area contributed by atoms with Crippen LogP contribution in [-0.4, -0.2) is 20.2 Å². The standard InChI is InChI=1S/C27H27Cl2N3O4S/c28-20-12-18(13-21(29)14-20)16-32-27(34)24-6-3-5-23(24)26(33)31-15-17-8-10-19(11-9-17)22-4-1-2-7-25(22)37(30,35)36/h1-2,4,7-14,23-24H,3,5-6,15-16H2,(H,31,33)(H,32,34)(H2,30,35,36)/t23?,24-/m1/s1. The number of hydrogen-bond donors (Lipinski definition) is 3. The van der Waals surface area contributed by atoms with Gasteiger partial charge in [0.1, 0.15) is 0 Å². The number of sulfonamides is 1. The highest BCUT2D eigenvalue weighted by atomic mass is 35.5. The minimum Gasteiger partial charge on any atom is -0.352 e. The fourth-order valence-electron chi connectivity index (χ4n) is 4.70. The largest absolute Gasteiger partial charge is 0.352 e. The molecule has 37 heavy (non-hydrogen) atoms. The van der Waals surface area contributed by atoms with Crippen LogP contribution in [0.1, 0.15) is 30.4 Å². The number of carbonyl (C=O) groups excluding carboxylic acids is 2. The van der Waals surface area contributed by atoms with Gasteiger partial charge in [-0.3, -0.25) is 9.59 Å². The Morgan fingerprint density at radius 3 is 1.92 bits per heavy atom. The zero-order valence-corrected chi connectivity index (χ0v) is 22.2. The molecule has 194 valence electrons. The van der Waals surface area contributed by atoms with E-state index in [0.717, 1.165) is 17.5 Å². The summed E-state index contributed by atoms with van der Waals surface area (Å²) in [4.78, 5) is 25.8. The van der Waals surface area contributed by atoms with Crippen molar-refractivity contribution in [3.63, 3.8) is 0 Å². The van der Waals surface area contributed by atoms with Gasteiger partial charge < -0.3 is 10.6 Å². The summed E-state index contributed by atoms with van der Waals surface area (Å²) >= 11 is 12.1. The van der Waals surface area contributed by atoms with Crippen LogP contribution < -0.4 is 15.8 Å². The van der Waals surface area contributed by atoms with Crippen LogP contribution in [0, 0.1) is 11.8 Å². The van der Waals surface area contributed by atoms with Crippen LogP contribution in [0.3, 0.4) is 0 Å². The van der Waals surface area contributed by atoms with E-state index in [2.05, 4.69) is 10.6 Å². The van der Waals surface area contributed by atoms with Crippen LogP contribution in [0.5, 0.6) is 0 Å². The van der Waals surface area contributed by atoms with Crippen molar-refractivity contribution in [2.45, 2.75) is 37.2 Å². The number of hydrogen-bond acceptors (Lipinski definition) is 4. The topological polar surface area (TPSA) is 118 Å². The van der Waals surface area contributed by atoms with Gasteiger partial charge in [-0.25, -0.2) is 13.6 Å². The molecule has 3 aromatic carbocycles. The minimum absolute atomic E-state index is 0.0556. The number of nitrogens with two attached hydrogens (primary N) is 1. The van der Waals surface area contributed by atoms with E-state index < -0.39 is 21.9 Å². The van der Waals surface area contributed by atoms with E-state index in [0.29, 0.717) is 40.6 Å². The molecule has 4 N–H and O–H groups in total. The summed E-state index contributed by atoms with van der Waals surface area (Å²) < 4.78 is 23.8. The second-order valence-electron chi connectivity index (χ2n) is 9.10. The molecule has 1 aliphatic rings. The molecule has 7 nitrogen and oxygen atoms in total. The molecule has 1 unspecified atom stereocenters. The van der Waals surface area contributed by atoms with Gasteiger partial charge in [-0.05, 0) is 53.8 Å². The van der Waals surface area contributed by atoms with Crippen molar-refractivity contribution in [2.75, 3.05) is 0 Å². The molecule has 1 saturated carbocycles. The summed E-state index contributed by atoms with van der Waals surface area (Å²) in [5.41, 5.74) is 2.86. The summed E-state index contributed by atoms with van der Waals surface area (Å²) in [7, 11) is -3.86. The van der Waals surface area contributed by atoms with Crippen LogP contribution in [0.2, 0.25) is 10.0 Å². The van der Waals surface area contributed by atoms with Gasteiger partial charge in [-0.2, -0.15) is 0 Å². The molecule has 2 atom stereocenters. The second kappa shape index (κ2) is 11.6. The van der Waals surface area contributed by atoms with Gasteiger partial charge in [0.2, 0.25) is 21.8 Å². The van der Waals surface area contributed by atoms with Gasteiger partial charge in [-0.15, -0.1) is 0 Å². The summed E-state index contributed by atoms with van der Waals surface area (Å²) in [6.45, 7) is 0.576. The molecule has 0 radical (unpaired) electrons. The van der Waals surface area contributed by atoms with E-state index in [9.17, 15) is 18.0 Å². The molecule has 1 fully saturated rings. The van der Waals surface area contributed by atoms with E-state index in [1.54, 1.807) is 48.5 Å². The lowest BCUT2D eigenvalue weighted by Gasteiger charge is -2.19. The monoisotopic (exact) mass is 559 g/mol. The number of halogens is 2. The van der Waals surface area contributed by atoms with Crippen molar-refractivity contribution in [3.05, 3.63) is 87.9 Å². The molecular weight excluding hydrogens is 533 g/mol. The van der Waals surface area contributed by atoms with Gasteiger partial charge >= 0.3 is 0 Å². The Kier molecular flexibility index (Phi) is 8.54. The van der Waals surface area contributed by atoms with E-state index >= 15 is 0 Å². The van der Waals surface area contributed by atoms with E-state index in [1.165, 1.54) is 6.07 Å². The average Bonchev–Trinajstić information content (AvgIpc) is 3.35. The average molecular weight is 561 g/mol. The molecule has 0 bridgehead atoms. The highest BCUT2D eigenvalue weighted by molar-refractivity contribution is 7.89. The Morgan fingerprint density at radius 2 is 1.35 bits per heavy atom. The normalized spacial score (nSPS) is 17.4. The molecular formula is C27H27Cl2N3O4S. The van der Waals surface area contributed by atoms with Crippen LogP contribution in [0.15, 0.2) is 71.6 Å². The lowest BCUT2D eigenvalue weighted by atomic mass is 9.94. The van der Waals surface area contributed by atoms with E-state index in [-0.39, 0.29) is 23.3 Å². The number of rotatable bonds is 8. The highest BCUT2D eigenvalue weighted by Gasteiger charge is 2.37. The van der Waals surface area contributed by atoms with Crippen LogP contribution >= 0.6 is 23.2 Å². The molecule has 0 aromatic heterocycles. The summed E-state index contributed by atoms with van der Waals surface area (Å²) in [6, 6.07) is 18.9. The molecule has 0 heterocycles. The fourth-order valence-corrected chi connectivity index (χ4v) is 6.03. The first-order valence-electron chi connectivity index (χ1n) is 11.8. The minimum atomic E-state index is -3.86. The molecule has 1 aliphatic carbocycles. The zero-order valence-electron chi connectivity index (χ0n) is 19.9. The summed E-state index contributed by atoms with van der Waals surface area (Å²) in [5.74, 6) is -1.12. The van der Waals surface area contributed by atoms with Gasteiger partial charge in [0, 0.05) is 40.5 Å². The molecule has 2 amide bonds. The Labute approximate surface area is 226 Å². The number of amides is 2. The maximum Gasteiger partial charge on any atom is 0.238 e. The first-order chi connectivity index (χ1) is 17.6. The van der Waals surface area contributed by atoms with Gasteiger partial charge in [-0.1, -0.05) is 72.1 Å². The Balaban J connectivity index is 1.35. The molecule has 4 rings (SSSR count). The SMILES string of the molecule is NS(=O)(=O)c1ccccc1-c1ccc(CNC(=O)C2CCC[C@H]2C(=O)NCc2cc(Cl)cc(Cl)c2)cc1. The maximum atomic E-state index is 12.9. The van der Waals surface area contributed by atoms with Crippen LogP contribution in [0.25, 0.3) is 11.1 Å². The van der Waals surface area contributed by atoms with Crippen molar-refractivity contribution in [1.82, 2.24) is 10.6 Å². The van der Waals surface area contributed by atoms with Gasteiger partial charge in [0.15, 0.2) is 0 Å². The summed E-state index contributed by atoms with van der Waals surface area (Å²) in [5, 5.41) is 12.2. The quantitative estimate of drug-likeness (QED) is 0.372. The maximum absolute atomic E-state index is 12.9. The lowest BCUT2D eigenvalue weighted by molar-refractivity contribution is -0.133. The third kappa shape index (κ3) is 6.90. The van der Waals surface area contributed by atoms with Crippen LogP contribution in [0.4, 0.5) is 0 Å². The van der Waals surface area contributed by atoms with Crippen molar-refractivity contribution in [2.24, 2.45) is 17.0 Å². The zero-order chi connectivity index (χ0) is 26.6. The number of primary sulfonamides is 1. The fraction of sp³-hybridized carbons (Fsp3) is 0.259. The number of benzene rings is 3. The number of nitrogens with one attached hydrogen (secondary N) is 2. The van der Waals surface area contributed by atoms with Gasteiger partial charge in [0.05, 0.1) is 4.90 Å². The third-order valence-corrected chi connectivity index (χ3v) is 7.91. The van der Waals surface area contributed by atoms with Gasteiger partial charge in [0.25, 0.3) is 0 Å². The van der Waals surface area contributed by atoms with Crippen molar-refractivity contribution in [1.29, 1.82) is 0 Å². The molecule has 0 saturated heterocycles. The molecule has 0 aliphatic heterocycles. The highest BCUT2D eigenvalue weighted by Crippen LogP contribution is 2.32. The molecule has 3 aromatic rings. The predicted molar refractivity (Wildman–Crippen MR) is 144 cm³/mol.